The zero-order valence-electron chi connectivity index (χ0n) is 18.0. The minimum Gasteiger partial charge on any atom is -0.434 e. The van der Waals surface area contributed by atoms with E-state index in [-0.39, 0.29) is 43.0 Å². The molecule has 0 aliphatic heterocycles. The Kier molecular flexibility index (Phi) is 8.13. The Morgan fingerprint density at radius 2 is 1.61 bits per heavy atom. The lowest BCUT2D eigenvalue weighted by atomic mass is 10.1. The summed E-state index contributed by atoms with van der Waals surface area (Å²) >= 11 is 0. The molecule has 0 heterocycles. The fourth-order valence-electron chi connectivity index (χ4n) is 2.97. The van der Waals surface area contributed by atoms with Crippen LogP contribution in [0.3, 0.4) is 0 Å². The van der Waals surface area contributed by atoms with Crippen molar-refractivity contribution < 1.29 is 28.2 Å². The van der Waals surface area contributed by atoms with Gasteiger partial charge >= 0.3 is 6.16 Å². The number of carbonyl (C=O) groups excluding carboxylic acids is 3. The predicted octanol–water partition coefficient (Wildman–Crippen LogP) is 4.47. The van der Waals surface area contributed by atoms with Crippen LogP contribution >= 0.6 is 0 Å². The maximum Gasteiger partial charge on any atom is 0.513 e. The quantitative estimate of drug-likeness (QED) is 0.390. The molecular formula is C25H23FN2O5. The molecule has 0 saturated heterocycles. The summed E-state index contributed by atoms with van der Waals surface area (Å²) < 4.78 is 22.7. The highest BCUT2D eigenvalue weighted by atomic mass is 19.1. The molecule has 33 heavy (non-hydrogen) atoms. The van der Waals surface area contributed by atoms with Gasteiger partial charge in [0.1, 0.15) is 11.6 Å². The molecule has 3 aromatic carbocycles. The highest BCUT2D eigenvalue weighted by Gasteiger charge is 2.11. The van der Waals surface area contributed by atoms with Crippen molar-refractivity contribution in [1.82, 2.24) is 5.32 Å². The number of hydrogen-bond donors (Lipinski definition) is 2. The monoisotopic (exact) mass is 450 g/mol. The molecule has 0 fully saturated rings. The molecule has 0 bridgehead atoms. The standard InChI is InChI=1S/C25H23FN2O5/c1-2-32-25(31)33-21-13-9-18(10-14-21)24(30)27-16-19-5-3-4-6-22(19)28-23(29)15-17-7-11-20(26)12-8-17/h3-14H,2,15-16H2,1H3,(H,27,30)(H,28,29). The van der Waals surface area contributed by atoms with Gasteiger partial charge in [0.15, 0.2) is 0 Å². The zero-order valence-corrected chi connectivity index (χ0v) is 18.0. The molecule has 0 radical (unpaired) electrons. The van der Waals surface area contributed by atoms with Crippen molar-refractivity contribution in [2.24, 2.45) is 0 Å². The Labute approximate surface area is 190 Å². The highest BCUT2D eigenvalue weighted by molar-refractivity contribution is 5.95. The fraction of sp³-hybridized carbons (Fsp3) is 0.160. The smallest absolute Gasteiger partial charge is 0.434 e. The number of nitrogens with one attached hydrogen (secondary N) is 2. The SMILES string of the molecule is CCOC(=O)Oc1ccc(C(=O)NCc2ccccc2NC(=O)Cc2ccc(F)cc2)cc1. The zero-order chi connectivity index (χ0) is 23.6. The van der Waals surface area contributed by atoms with Crippen LogP contribution in [0.15, 0.2) is 72.8 Å². The minimum absolute atomic E-state index is 0.0984. The van der Waals surface area contributed by atoms with Crippen molar-refractivity contribution in [2.45, 2.75) is 19.9 Å². The van der Waals surface area contributed by atoms with Crippen LogP contribution < -0.4 is 15.4 Å². The molecule has 0 aromatic heterocycles. The van der Waals surface area contributed by atoms with Crippen molar-refractivity contribution in [2.75, 3.05) is 11.9 Å². The van der Waals surface area contributed by atoms with Crippen LogP contribution in [-0.4, -0.2) is 24.6 Å². The first-order chi connectivity index (χ1) is 15.9. The summed E-state index contributed by atoms with van der Waals surface area (Å²) in [5, 5.41) is 5.63. The van der Waals surface area contributed by atoms with Crippen molar-refractivity contribution >= 4 is 23.7 Å². The third-order valence-corrected chi connectivity index (χ3v) is 4.59. The van der Waals surface area contributed by atoms with E-state index in [2.05, 4.69) is 10.6 Å². The van der Waals surface area contributed by atoms with E-state index in [0.717, 1.165) is 5.56 Å². The molecule has 0 unspecified atom stereocenters. The van der Waals surface area contributed by atoms with E-state index < -0.39 is 6.16 Å². The summed E-state index contributed by atoms with van der Waals surface area (Å²) in [6, 6.07) is 18.9. The second-order valence-corrected chi connectivity index (χ2v) is 7.00. The number of hydrogen-bond acceptors (Lipinski definition) is 5. The van der Waals surface area contributed by atoms with Gasteiger partial charge in [-0.25, -0.2) is 9.18 Å². The fourth-order valence-corrected chi connectivity index (χ4v) is 2.97. The summed E-state index contributed by atoms with van der Waals surface area (Å²) in [6.45, 7) is 2.06. The lowest BCUT2D eigenvalue weighted by Gasteiger charge is -2.12. The van der Waals surface area contributed by atoms with Crippen LogP contribution in [0.5, 0.6) is 5.75 Å². The number of halogens is 1. The van der Waals surface area contributed by atoms with Gasteiger partial charge in [0, 0.05) is 17.8 Å². The maximum absolute atomic E-state index is 13.0. The molecule has 0 saturated carbocycles. The predicted molar refractivity (Wildman–Crippen MR) is 120 cm³/mol. The number of ether oxygens (including phenoxy) is 2. The third kappa shape index (κ3) is 7.17. The van der Waals surface area contributed by atoms with Crippen molar-refractivity contribution in [3.05, 3.63) is 95.3 Å². The third-order valence-electron chi connectivity index (χ3n) is 4.59. The molecule has 0 atom stereocenters. The average Bonchev–Trinajstić information content (AvgIpc) is 2.80. The van der Waals surface area contributed by atoms with Crippen molar-refractivity contribution in [1.29, 1.82) is 0 Å². The maximum atomic E-state index is 13.0. The van der Waals surface area contributed by atoms with E-state index in [1.165, 1.54) is 36.4 Å². The number of benzene rings is 3. The normalized spacial score (nSPS) is 10.2. The molecule has 7 nitrogen and oxygen atoms in total. The van der Waals surface area contributed by atoms with E-state index >= 15 is 0 Å². The molecule has 2 amide bonds. The molecule has 0 aliphatic carbocycles. The Hall–Kier alpha value is -4.20. The van der Waals surface area contributed by atoms with Gasteiger partial charge in [-0.15, -0.1) is 0 Å². The van der Waals surface area contributed by atoms with Gasteiger partial charge < -0.3 is 20.1 Å². The first-order valence-corrected chi connectivity index (χ1v) is 10.3. The van der Waals surface area contributed by atoms with E-state index in [1.807, 2.05) is 0 Å². The number of anilines is 1. The highest BCUT2D eigenvalue weighted by Crippen LogP contribution is 2.17. The molecular weight excluding hydrogens is 427 g/mol. The van der Waals surface area contributed by atoms with Crippen LogP contribution in [0.4, 0.5) is 14.9 Å². The lowest BCUT2D eigenvalue weighted by Crippen LogP contribution is -2.24. The molecule has 0 aliphatic rings. The van der Waals surface area contributed by atoms with Gasteiger partial charge in [-0.3, -0.25) is 9.59 Å². The van der Waals surface area contributed by atoms with E-state index in [1.54, 1.807) is 43.3 Å². The molecule has 0 spiro atoms. The Morgan fingerprint density at radius 1 is 0.909 bits per heavy atom. The topological polar surface area (TPSA) is 93.7 Å². The van der Waals surface area contributed by atoms with Gasteiger partial charge in [-0.1, -0.05) is 30.3 Å². The van der Waals surface area contributed by atoms with Gasteiger partial charge in [-0.05, 0) is 60.5 Å². The first-order valence-electron chi connectivity index (χ1n) is 10.3. The van der Waals surface area contributed by atoms with Gasteiger partial charge in [0.05, 0.1) is 13.0 Å². The summed E-state index contributed by atoms with van der Waals surface area (Å²) in [7, 11) is 0. The Bertz CT molecular complexity index is 1110. The summed E-state index contributed by atoms with van der Waals surface area (Å²) in [4.78, 5) is 36.2. The number of rotatable bonds is 8. The second kappa shape index (κ2) is 11.4. The number of amides is 2. The molecule has 3 aromatic rings. The number of carbonyl (C=O) groups is 3. The average molecular weight is 450 g/mol. The Morgan fingerprint density at radius 3 is 2.30 bits per heavy atom. The van der Waals surface area contributed by atoms with Crippen LogP contribution in [0.25, 0.3) is 0 Å². The number of para-hydroxylation sites is 1. The lowest BCUT2D eigenvalue weighted by molar-refractivity contribution is -0.115. The molecule has 2 N–H and O–H groups in total. The van der Waals surface area contributed by atoms with Crippen LogP contribution in [0.1, 0.15) is 28.4 Å². The molecule has 3 rings (SSSR count). The van der Waals surface area contributed by atoms with Gasteiger partial charge in [0.25, 0.3) is 5.91 Å². The minimum atomic E-state index is -0.812. The summed E-state index contributed by atoms with van der Waals surface area (Å²) in [6.07, 6.45) is -0.714. The summed E-state index contributed by atoms with van der Waals surface area (Å²) in [5.41, 5.74) is 2.36. The summed E-state index contributed by atoms with van der Waals surface area (Å²) in [5.74, 6) is -0.677. The van der Waals surface area contributed by atoms with Crippen molar-refractivity contribution in [3.63, 3.8) is 0 Å². The van der Waals surface area contributed by atoms with E-state index in [0.29, 0.717) is 16.8 Å². The second-order valence-electron chi connectivity index (χ2n) is 7.00. The van der Waals surface area contributed by atoms with Gasteiger partial charge in [-0.2, -0.15) is 0 Å². The van der Waals surface area contributed by atoms with E-state index in [9.17, 15) is 18.8 Å². The molecule has 8 heteroatoms. The molecule has 170 valence electrons. The Balaban J connectivity index is 1.57. The largest absolute Gasteiger partial charge is 0.513 e. The van der Waals surface area contributed by atoms with Crippen LogP contribution in [0.2, 0.25) is 0 Å². The van der Waals surface area contributed by atoms with Crippen molar-refractivity contribution in [3.8, 4) is 5.75 Å². The van der Waals surface area contributed by atoms with Crippen LogP contribution in [-0.2, 0) is 22.5 Å². The first kappa shape index (κ1) is 23.5. The van der Waals surface area contributed by atoms with E-state index in [4.69, 9.17) is 9.47 Å². The van der Waals surface area contributed by atoms with Gasteiger partial charge in [0.2, 0.25) is 5.91 Å². The van der Waals surface area contributed by atoms with Crippen LogP contribution in [0, 0.1) is 5.82 Å².